The molecule has 6 nitrogen and oxygen atoms in total. The van der Waals surface area contributed by atoms with Crippen molar-refractivity contribution in [3.05, 3.63) is 122 Å². The molecule has 0 saturated heterocycles. The predicted molar refractivity (Wildman–Crippen MR) is 353 cm³/mol. The van der Waals surface area contributed by atoms with Gasteiger partial charge in [-0.15, -0.1) is 0 Å². The molecule has 0 aromatic heterocycles. The highest BCUT2D eigenvalue weighted by Gasteiger charge is 2.19. The molecule has 1 atom stereocenters. The van der Waals surface area contributed by atoms with Crippen LogP contribution in [0.5, 0.6) is 0 Å². The fourth-order valence-electron chi connectivity index (χ4n) is 9.33. The van der Waals surface area contributed by atoms with Crippen molar-refractivity contribution in [2.24, 2.45) is 0 Å². The van der Waals surface area contributed by atoms with E-state index in [4.69, 9.17) is 14.2 Å². The topological polar surface area (TPSA) is 78.9 Å². The summed E-state index contributed by atoms with van der Waals surface area (Å²) in [6.07, 6.45) is 94.8. The lowest BCUT2D eigenvalue weighted by molar-refractivity contribution is -0.167. The zero-order valence-electron chi connectivity index (χ0n) is 53.0. The van der Waals surface area contributed by atoms with Gasteiger partial charge in [-0.3, -0.25) is 14.4 Å². The minimum absolute atomic E-state index is 0.0915. The number of carbonyl (C=O) groups excluding carboxylic acids is 3. The maximum Gasteiger partial charge on any atom is 0.306 e. The Morgan fingerprint density at radius 1 is 0.259 bits per heavy atom. The number of ether oxygens (including phenoxy) is 3. The first kappa shape index (κ1) is 76.8. The summed E-state index contributed by atoms with van der Waals surface area (Å²) in [5, 5.41) is 0. The van der Waals surface area contributed by atoms with Gasteiger partial charge >= 0.3 is 17.9 Å². The van der Waals surface area contributed by atoms with Gasteiger partial charge in [0, 0.05) is 19.3 Å². The molecule has 0 bridgehead atoms. The Labute approximate surface area is 501 Å². The molecule has 1 unspecified atom stereocenters. The van der Waals surface area contributed by atoms with E-state index in [1.807, 2.05) is 0 Å². The Hall–Kier alpha value is -4.19. The molecule has 0 fully saturated rings. The van der Waals surface area contributed by atoms with E-state index in [0.717, 1.165) is 128 Å². The monoisotopic (exact) mass is 1120 g/mol. The fourth-order valence-corrected chi connectivity index (χ4v) is 9.33. The van der Waals surface area contributed by atoms with E-state index >= 15 is 0 Å². The molecule has 0 aromatic carbocycles. The van der Waals surface area contributed by atoms with Crippen LogP contribution in [0.25, 0.3) is 0 Å². The standard InChI is InChI=1S/C75H126O6/c1-4-7-10-13-16-19-22-25-28-31-34-36-37-39-41-44-47-50-53-56-59-62-65-68-74(77)80-71-72(70-79-73(76)67-64-61-58-55-52-49-46-43-40-33-30-27-24-21-18-15-12-9-6-3)81-75(78)69-66-63-60-57-54-51-48-45-42-38-35-32-29-26-23-20-17-14-11-8-5-2/h8,11,17-18,20-22,25-27,29-31,34-35,37-40,43,72H,4-7,9-10,12-16,19,23-24,28,32-33,36,41-42,44-71H2,1-3H3/b11-8-,20-17-,21-18-,25-22-,29-26-,30-27-,34-31-,38-35-,39-37-,43-40-. The molecule has 0 aliphatic carbocycles. The Morgan fingerprint density at radius 3 is 0.778 bits per heavy atom. The zero-order valence-corrected chi connectivity index (χ0v) is 53.0. The molecule has 0 heterocycles. The van der Waals surface area contributed by atoms with Gasteiger partial charge in [0.15, 0.2) is 6.10 Å². The second-order valence-corrected chi connectivity index (χ2v) is 22.3. The first-order chi connectivity index (χ1) is 40.0. The van der Waals surface area contributed by atoms with Crippen molar-refractivity contribution in [1.82, 2.24) is 0 Å². The summed E-state index contributed by atoms with van der Waals surface area (Å²) in [7, 11) is 0. The van der Waals surface area contributed by atoms with Crippen LogP contribution in [-0.2, 0) is 28.6 Å². The van der Waals surface area contributed by atoms with Gasteiger partial charge in [-0.2, -0.15) is 0 Å². The average molecular weight is 1120 g/mol. The first-order valence-corrected chi connectivity index (χ1v) is 34.0. The van der Waals surface area contributed by atoms with E-state index < -0.39 is 6.10 Å². The second-order valence-electron chi connectivity index (χ2n) is 22.3. The lowest BCUT2D eigenvalue weighted by atomic mass is 10.1. The van der Waals surface area contributed by atoms with Gasteiger partial charge in [-0.1, -0.05) is 284 Å². The number of carbonyl (C=O) groups is 3. The van der Waals surface area contributed by atoms with Crippen LogP contribution in [0.15, 0.2) is 122 Å². The zero-order chi connectivity index (χ0) is 58.5. The van der Waals surface area contributed by atoms with Crippen LogP contribution in [0, 0.1) is 0 Å². The molecule has 0 amide bonds. The van der Waals surface area contributed by atoms with Gasteiger partial charge in [0.1, 0.15) is 13.2 Å². The Balaban J connectivity index is 4.45. The van der Waals surface area contributed by atoms with Gasteiger partial charge in [-0.05, 0) is 135 Å². The summed E-state index contributed by atoms with van der Waals surface area (Å²) in [6, 6.07) is 0. The highest BCUT2D eigenvalue weighted by Crippen LogP contribution is 2.16. The quantitative estimate of drug-likeness (QED) is 0.0261. The summed E-state index contributed by atoms with van der Waals surface area (Å²) in [4.78, 5) is 38.5. The molecule has 6 heteroatoms. The van der Waals surface area contributed by atoms with Gasteiger partial charge in [0.05, 0.1) is 0 Å². The van der Waals surface area contributed by atoms with Crippen LogP contribution >= 0.6 is 0 Å². The third-order valence-corrected chi connectivity index (χ3v) is 14.4. The second kappa shape index (κ2) is 68.3. The average Bonchev–Trinajstić information content (AvgIpc) is 3.47. The summed E-state index contributed by atoms with van der Waals surface area (Å²) in [5.74, 6) is -0.911. The Kier molecular flexibility index (Phi) is 64.8. The predicted octanol–water partition coefficient (Wildman–Crippen LogP) is 23.6. The van der Waals surface area contributed by atoms with Gasteiger partial charge in [0.25, 0.3) is 0 Å². The Bertz CT molecular complexity index is 1670. The van der Waals surface area contributed by atoms with Crippen molar-refractivity contribution in [3.63, 3.8) is 0 Å². The summed E-state index contributed by atoms with van der Waals surface area (Å²) < 4.78 is 17.0. The largest absolute Gasteiger partial charge is 0.462 e. The van der Waals surface area contributed by atoms with Crippen molar-refractivity contribution < 1.29 is 28.6 Å². The molecule has 0 aromatic rings. The summed E-state index contributed by atoms with van der Waals surface area (Å²) in [5.41, 5.74) is 0. The van der Waals surface area contributed by atoms with E-state index in [1.165, 1.54) is 148 Å². The lowest BCUT2D eigenvalue weighted by Gasteiger charge is -2.18. The third-order valence-electron chi connectivity index (χ3n) is 14.4. The van der Waals surface area contributed by atoms with Crippen LogP contribution in [-0.4, -0.2) is 37.2 Å². The van der Waals surface area contributed by atoms with E-state index in [2.05, 4.69) is 142 Å². The minimum atomic E-state index is -0.797. The number of unbranched alkanes of at least 4 members (excludes halogenated alkanes) is 30. The molecular weight excluding hydrogens is 997 g/mol. The molecule has 462 valence electrons. The maximum atomic E-state index is 13.0. The molecule has 0 saturated carbocycles. The van der Waals surface area contributed by atoms with E-state index in [1.54, 1.807) is 0 Å². The van der Waals surface area contributed by atoms with Gasteiger partial charge in [0.2, 0.25) is 0 Å². The van der Waals surface area contributed by atoms with E-state index in [9.17, 15) is 14.4 Å². The fraction of sp³-hybridized carbons (Fsp3) is 0.693. The molecule has 0 rings (SSSR count). The van der Waals surface area contributed by atoms with Crippen molar-refractivity contribution in [2.75, 3.05) is 13.2 Å². The van der Waals surface area contributed by atoms with Gasteiger partial charge < -0.3 is 14.2 Å². The molecule has 0 aliphatic heterocycles. The number of hydrogen-bond acceptors (Lipinski definition) is 6. The van der Waals surface area contributed by atoms with Crippen LogP contribution < -0.4 is 0 Å². The maximum absolute atomic E-state index is 13.0. The number of hydrogen-bond donors (Lipinski definition) is 0. The number of allylic oxidation sites excluding steroid dienone is 20. The molecule has 81 heavy (non-hydrogen) atoms. The van der Waals surface area contributed by atoms with E-state index in [-0.39, 0.29) is 31.1 Å². The molecule has 0 N–H and O–H groups in total. The van der Waals surface area contributed by atoms with E-state index in [0.29, 0.717) is 19.3 Å². The van der Waals surface area contributed by atoms with Crippen LogP contribution in [0.2, 0.25) is 0 Å². The molecule has 0 aliphatic rings. The van der Waals surface area contributed by atoms with Crippen LogP contribution in [0.4, 0.5) is 0 Å². The lowest BCUT2D eigenvalue weighted by Crippen LogP contribution is -2.30. The molecule has 0 radical (unpaired) electrons. The van der Waals surface area contributed by atoms with Crippen LogP contribution in [0.3, 0.4) is 0 Å². The normalized spacial score (nSPS) is 12.9. The van der Waals surface area contributed by atoms with Crippen molar-refractivity contribution in [1.29, 1.82) is 0 Å². The minimum Gasteiger partial charge on any atom is -0.462 e. The molecular formula is C75H126O6. The van der Waals surface area contributed by atoms with Crippen molar-refractivity contribution in [3.8, 4) is 0 Å². The van der Waals surface area contributed by atoms with Crippen molar-refractivity contribution in [2.45, 2.75) is 322 Å². The smallest absolute Gasteiger partial charge is 0.306 e. The SMILES string of the molecule is CC/C=C\C/C=C\C/C=C\C/C=C\CCCCCCCCCCC(=O)OC(COC(=O)CCCCCCCC/C=C\C/C=C\C/C=C\CCCCC)COC(=O)CCCCCCCCCC/C=C\C/C=C\C/C=C\CCCCCCC. The third kappa shape index (κ3) is 66.5. The summed E-state index contributed by atoms with van der Waals surface area (Å²) >= 11 is 0. The molecule has 0 spiro atoms. The summed E-state index contributed by atoms with van der Waals surface area (Å²) in [6.45, 7) is 6.49. The Morgan fingerprint density at radius 2 is 0.481 bits per heavy atom. The van der Waals surface area contributed by atoms with Crippen molar-refractivity contribution >= 4 is 17.9 Å². The number of rotatable bonds is 61. The van der Waals surface area contributed by atoms with Gasteiger partial charge in [-0.25, -0.2) is 0 Å². The first-order valence-electron chi connectivity index (χ1n) is 34.0. The number of esters is 3. The highest BCUT2D eigenvalue weighted by molar-refractivity contribution is 5.71. The van der Waals surface area contributed by atoms with Crippen LogP contribution in [0.1, 0.15) is 316 Å². The highest BCUT2D eigenvalue weighted by atomic mass is 16.6.